The minimum Gasteiger partial charge on any atom is -0.471 e. The van der Waals surface area contributed by atoms with Crippen molar-refractivity contribution < 1.29 is 4.74 Å². The molecule has 3 rings (SSSR count). The van der Waals surface area contributed by atoms with Crippen molar-refractivity contribution in [2.75, 3.05) is 13.1 Å². The molecule has 0 saturated carbocycles. The van der Waals surface area contributed by atoms with E-state index in [1.807, 2.05) is 12.1 Å². The van der Waals surface area contributed by atoms with E-state index in [9.17, 15) is 0 Å². The van der Waals surface area contributed by atoms with Gasteiger partial charge in [0.2, 0.25) is 5.88 Å². The molecule has 0 bridgehead atoms. The predicted octanol–water partition coefficient (Wildman–Crippen LogP) is 1.61. The molecule has 0 aliphatic carbocycles. The first-order valence-corrected chi connectivity index (χ1v) is 5.65. The SMILES string of the molecule is Cc1cccc2c(OC3CCNC3)n[nH]c12. The monoisotopic (exact) mass is 217 g/mol. The van der Waals surface area contributed by atoms with Crippen molar-refractivity contribution in [2.45, 2.75) is 19.4 Å². The molecule has 16 heavy (non-hydrogen) atoms. The lowest BCUT2D eigenvalue weighted by molar-refractivity contribution is 0.216. The summed E-state index contributed by atoms with van der Waals surface area (Å²) in [6, 6.07) is 6.15. The van der Waals surface area contributed by atoms with E-state index < -0.39 is 0 Å². The highest BCUT2D eigenvalue weighted by Gasteiger charge is 2.18. The molecule has 2 aromatic rings. The van der Waals surface area contributed by atoms with Crippen LogP contribution in [0, 0.1) is 6.92 Å². The Balaban J connectivity index is 1.94. The van der Waals surface area contributed by atoms with Gasteiger partial charge in [-0.05, 0) is 31.5 Å². The Morgan fingerprint density at radius 2 is 2.38 bits per heavy atom. The van der Waals surface area contributed by atoms with E-state index >= 15 is 0 Å². The summed E-state index contributed by atoms with van der Waals surface area (Å²) in [5.74, 6) is 0.729. The second-order valence-corrected chi connectivity index (χ2v) is 4.26. The topological polar surface area (TPSA) is 49.9 Å². The number of rotatable bonds is 2. The molecule has 4 heteroatoms. The Morgan fingerprint density at radius 3 is 3.19 bits per heavy atom. The number of nitrogens with zero attached hydrogens (tertiary/aromatic N) is 1. The number of ether oxygens (including phenoxy) is 1. The summed E-state index contributed by atoms with van der Waals surface area (Å²) < 4.78 is 5.88. The largest absolute Gasteiger partial charge is 0.471 e. The number of para-hydroxylation sites is 1. The zero-order valence-electron chi connectivity index (χ0n) is 9.29. The van der Waals surface area contributed by atoms with Gasteiger partial charge in [0.15, 0.2) is 0 Å². The molecular formula is C12H15N3O. The number of aryl methyl sites for hydroxylation is 1. The fourth-order valence-corrected chi connectivity index (χ4v) is 2.14. The van der Waals surface area contributed by atoms with Gasteiger partial charge >= 0.3 is 0 Å². The van der Waals surface area contributed by atoms with Gasteiger partial charge < -0.3 is 10.1 Å². The second kappa shape index (κ2) is 3.79. The van der Waals surface area contributed by atoms with Crippen LogP contribution in [0.2, 0.25) is 0 Å². The highest BCUT2D eigenvalue weighted by Crippen LogP contribution is 2.26. The maximum Gasteiger partial charge on any atom is 0.240 e. The average Bonchev–Trinajstić information content (AvgIpc) is 2.90. The standard InChI is InChI=1S/C12H15N3O/c1-8-3-2-4-10-11(8)14-15-12(10)16-9-5-6-13-7-9/h2-4,9,13H,5-7H2,1H3,(H,14,15). The smallest absolute Gasteiger partial charge is 0.240 e. The van der Waals surface area contributed by atoms with E-state index in [2.05, 4.69) is 28.5 Å². The summed E-state index contributed by atoms with van der Waals surface area (Å²) in [5.41, 5.74) is 2.27. The first-order chi connectivity index (χ1) is 7.84. The normalized spacial score (nSPS) is 20.4. The Labute approximate surface area is 94.0 Å². The average molecular weight is 217 g/mol. The number of nitrogens with one attached hydrogen (secondary N) is 2. The number of aromatic amines is 1. The first kappa shape index (κ1) is 9.66. The molecule has 1 aliphatic heterocycles. The molecule has 84 valence electrons. The van der Waals surface area contributed by atoms with E-state index in [-0.39, 0.29) is 6.10 Å². The van der Waals surface area contributed by atoms with Gasteiger partial charge in [-0.2, -0.15) is 0 Å². The summed E-state index contributed by atoms with van der Waals surface area (Å²) in [5, 5.41) is 11.6. The Morgan fingerprint density at radius 1 is 1.44 bits per heavy atom. The van der Waals surface area contributed by atoms with Crippen molar-refractivity contribution in [1.82, 2.24) is 15.5 Å². The van der Waals surface area contributed by atoms with Crippen LogP contribution in [0.1, 0.15) is 12.0 Å². The van der Waals surface area contributed by atoms with Gasteiger partial charge in [-0.1, -0.05) is 12.1 Å². The fourth-order valence-electron chi connectivity index (χ4n) is 2.14. The van der Waals surface area contributed by atoms with E-state index in [0.29, 0.717) is 0 Å². The van der Waals surface area contributed by atoms with Gasteiger partial charge in [0.1, 0.15) is 6.10 Å². The third-order valence-electron chi connectivity index (χ3n) is 3.07. The van der Waals surface area contributed by atoms with E-state index in [4.69, 9.17) is 4.74 Å². The molecule has 0 radical (unpaired) electrons. The van der Waals surface area contributed by atoms with Gasteiger partial charge in [0, 0.05) is 6.54 Å². The van der Waals surface area contributed by atoms with Crippen LogP contribution in [-0.2, 0) is 0 Å². The molecular weight excluding hydrogens is 202 g/mol. The molecule has 1 aromatic carbocycles. The lowest BCUT2D eigenvalue weighted by Crippen LogP contribution is -2.19. The number of hydrogen-bond acceptors (Lipinski definition) is 3. The molecule has 0 amide bonds. The summed E-state index contributed by atoms with van der Waals surface area (Å²) in [4.78, 5) is 0. The molecule has 2 N–H and O–H groups in total. The van der Waals surface area contributed by atoms with Crippen LogP contribution < -0.4 is 10.1 Å². The highest BCUT2D eigenvalue weighted by molar-refractivity contribution is 5.86. The molecule has 1 fully saturated rings. The molecule has 0 spiro atoms. The van der Waals surface area contributed by atoms with Crippen molar-refractivity contribution in [1.29, 1.82) is 0 Å². The van der Waals surface area contributed by atoms with Crippen LogP contribution in [0.4, 0.5) is 0 Å². The number of hydrogen-bond donors (Lipinski definition) is 2. The summed E-state index contributed by atoms with van der Waals surface area (Å²) >= 11 is 0. The molecule has 1 saturated heterocycles. The maximum atomic E-state index is 5.88. The Bertz CT molecular complexity index is 500. The van der Waals surface area contributed by atoms with Crippen molar-refractivity contribution in [3.8, 4) is 5.88 Å². The highest BCUT2D eigenvalue weighted by atomic mass is 16.5. The predicted molar refractivity (Wildman–Crippen MR) is 62.7 cm³/mol. The van der Waals surface area contributed by atoms with Crippen LogP contribution in [-0.4, -0.2) is 29.4 Å². The molecule has 1 unspecified atom stereocenters. The minimum atomic E-state index is 0.256. The Kier molecular flexibility index (Phi) is 2.29. The third-order valence-corrected chi connectivity index (χ3v) is 3.07. The van der Waals surface area contributed by atoms with Crippen LogP contribution in [0.25, 0.3) is 10.9 Å². The molecule has 2 heterocycles. The van der Waals surface area contributed by atoms with Crippen molar-refractivity contribution >= 4 is 10.9 Å². The zero-order valence-corrected chi connectivity index (χ0v) is 9.29. The third kappa shape index (κ3) is 1.55. The summed E-state index contributed by atoms with van der Waals surface area (Å²) in [6.45, 7) is 4.02. The number of benzene rings is 1. The number of aromatic nitrogens is 2. The minimum absolute atomic E-state index is 0.256. The van der Waals surface area contributed by atoms with Crippen molar-refractivity contribution in [3.63, 3.8) is 0 Å². The van der Waals surface area contributed by atoms with Gasteiger partial charge in [-0.15, -0.1) is 5.10 Å². The number of H-pyrrole nitrogens is 1. The zero-order chi connectivity index (χ0) is 11.0. The van der Waals surface area contributed by atoms with Crippen LogP contribution >= 0.6 is 0 Å². The van der Waals surface area contributed by atoms with E-state index in [1.54, 1.807) is 0 Å². The summed E-state index contributed by atoms with van der Waals surface area (Å²) in [6.07, 6.45) is 1.31. The van der Waals surface area contributed by atoms with Crippen LogP contribution in [0.5, 0.6) is 5.88 Å². The molecule has 4 nitrogen and oxygen atoms in total. The molecule has 1 aromatic heterocycles. The fraction of sp³-hybridized carbons (Fsp3) is 0.417. The van der Waals surface area contributed by atoms with Gasteiger partial charge in [-0.25, -0.2) is 0 Å². The van der Waals surface area contributed by atoms with E-state index in [0.717, 1.165) is 36.3 Å². The lowest BCUT2D eigenvalue weighted by Gasteiger charge is -2.09. The lowest BCUT2D eigenvalue weighted by atomic mass is 10.2. The van der Waals surface area contributed by atoms with Crippen LogP contribution in [0.15, 0.2) is 18.2 Å². The summed E-state index contributed by atoms with van der Waals surface area (Å²) in [7, 11) is 0. The van der Waals surface area contributed by atoms with Gasteiger partial charge in [-0.3, -0.25) is 5.10 Å². The van der Waals surface area contributed by atoms with Crippen molar-refractivity contribution in [3.05, 3.63) is 23.8 Å². The Hall–Kier alpha value is -1.55. The number of fused-ring (bicyclic) bond motifs is 1. The van der Waals surface area contributed by atoms with Crippen molar-refractivity contribution in [2.24, 2.45) is 0 Å². The second-order valence-electron chi connectivity index (χ2n) is 4.26. The molecule has 1 aliphatic rings. The van der Waals surface area contributed by atoms with Gasteiger partial charge in [0.25, 0.3) is 0 Å². The van der Waals surface area contributed by atoms with E-state index in [1.165, 1.54) is 5.56 Å². The van der Waals surface area contributed by atoms with Gasteiger partial charge in [0.05, 0.1) is 10.9 Å². The molecule has 1 atom stereocenters. The first-order valence-electron chi connectivity index (χ1n) is 5.65. The van der Waals surface area contributed by atoms with Crippen LogP contribution in [0.3, 0.4) is 0 Å². The maximum absolute atomic E-state index is 5.88. The quantitative estimate of drug-likeness (QED) is 0.803.